The molecule has 1 heterocycles. The van der Waals surface area contributed by atoms with E-state index in [9.17, 15) is 4.39 Å². The molecule has 5 heteroatoms. The van der Waals surface area contributed by atoms with Gasteiger partial charge < -0.3 is 10.6 Å². The van der Waals surface area contributed by atoms with Crippen LogP contribution >= 0.6 is 27.5 Å². The van der Waals surface area contributed by atoms with E-state index in [0.717, 1.165) is 18.7 Å². The van der Waals surface area contributed by atoms with Crippen molar-refractivity contribution in [2.45, 2.75) is 38.3 Å². The van der Waals surface area contributed by atoms with E-state index in [4.69, 9.17) is 11.6 Å². The second-order valence-corrected chi connectivity index (χ2v) is 6.08. The normalized spacial score (nSPS) is 21.0. The Kier molecular flexibility index (Phi) is 4.87. The van der Waals surface area contributed by atoms with Gasteiger partial charge in [0.15, 0.2) is 0 Å². The van der Waals surface area contributed by atoms with Crippen molar-refractivity contribution in [1.29, 1.82) is 0 Å². The van der Waals surface area contributed by atoms with Crippen LogP contribution in [-0.4, -0.2) is 18.6 Å². The van der Waals surface area contributed by atoms with Crippen LogP contribution in [0.4, 0.5) is 10.1 Å². The van der Waals surface area contributed by atoms with Gasteiger partial charge in [0.1, 0.15) is 5.82 Å². The number of halogens is 3. The summed E-state index contributed by atoms with van der Waals surface area (Å²) in [6.45, 7) is 3.23. The maximum atomic E-state index is 13.1. The summed E-state index contributed by atoms with van der Waals surface area (Å²) in [7, 11) is 0. The van der Waals surface area contributed by atoms with Gasteiger partial charge >= 0.3 is 0 Å². The molecule has 2 atom stereocenters. The predicted octanol–water partition coefficient (Wildman–Crippen LogP) is 4.18. The van der Waals surface area contributed by atoms with Crippen molar-refractivity contribution in [3.8, 4) is 0 Å². The van der Waals surface area contributed by atoms with Crippen LogP contribution in [0, 0.1) is 5.82 Å². The fourth-order valence-electron chi connectivity index (χ4n) is 2.37. The maximum Gasteiger partial charge on any atom is 0.125 e. The molecule has 1 saturated heterocycles. The lowest BCUT2D eigenvalue weighted by molar-refractivity contribution is 0.523. The Balaban J connectivity index is 1.99. The molecule has 0 amide bonds. The molecular weight excluding hydrogens is 319 g/mol. The lowest BCUT2D eigenvalue weighted by atomic mass is 10.1. The van der Waals surface area contributed by atoms with Gasteiger partial charge in [-0.1, -0.05) is 11.6 Å². The second-order valence-electron chi connectivity index (χ2n) is 4.82. The summed E-state index contributed by atoms with van der Waals surface area (Å²) in [6.07, 6.45) is 3.52. The lowest BCUT2D eigenvalue weighted by Crippen LogP contribution is -2.29. The van der Waals surface area contributed by atoms with Gasteiger partial charge in [-0.05, 0) is 60.8 Å². The molecule has 2 rings (SSSR count). The summed E-state index contributed by atoms with van der Waals surface area (Å²) in [6, 6.07) is 3.62. The van der Waals surface area contributed by atoms with Crippen molar-refractivity contribution in [3.63, 3.8) is 0 Å². The number of benzene rings is 1. The van der Waals surface area contributed by atoms with Crippen LogP contribution in [0.2, 0.25) is 5.02 Å². The quantitative estimate of drug-likeness (QED) is 0.862. The zero-order valence-corrected chi connectivity index (χ0v) is 12.6. The van der Waals surface area contributed by atoms with Gasteiger partial charge in [-0.2, -0.15) is 0 Å². The highest BCUT2D eigenvalue weighted by molar-refractivity contribution is 9.10. The van der Waals surface area contributed by atoms with Crippen LogP contribution in [0.3, 0.4) is 0 Å². The molecule has 100 valence electrons. The Bertz CT molecular complexity index is 398. The first-order valence-electron chi connectivity index (χ1n) is 6.20. The van der Waals surface area contributed by atoms with E-state index in [0.29, 0.717) is 21.6 Å². The van der Waals surface area contributed by atoms with Crippen LogP contribution < -0.4 is 10.6 Å². The minimum atomic E-state index is -0.331. The molecule has 0 saturated carbocycles. The van der Waals surface area contributed by atoms with Gasteiger partial charge in [-0.3, -0.25) is 0 Å². The predicted molar refractivity (Wildman–Crippen MR) is 77.8 cm³/mol. The van der Waals surface area contributed by atoms with Crippen molar-refractivity contribution in [2.24, 2.45) is 0 Å². The summed E-state index contributed by atoms with van der Waals surface area (Å²) >= 11 is 9.38. The highest BCUT2D eigenvalue weighted by atomic mass is 79.9. The first-order valence-corrected chi connectivity index (χ1v) is 7.38. The van der Waals surface area contributed by atoms with E-state index in [1.165, 1.54) is 25.0 Å². The Hall–Kier alpha value is -0.320. The van der Waals surface area contributed by atoms with Gasteiger partial charge in [-0.25, -0.2) is 4.39 Å². The van der Waals surface area contributed by atoms with Gasteiger partial charge in [0, 0.05) is 16.6 Å². The standard InChI is InChI=1S/C13H17BrClFN2/c1-8(5-10-3-2-4-17-10)18-13-11(14)6-9(16)7-12(13)15/h6-8,10,17-18H,2-5H2,1H3. The topological polar surface area (TPSA) is 24.1 Å². The molecule has 1 aromatic rings. The summed E-state index contributed by atoms with van der Waals surface area (Å²) in [5, 5.41) is 7.22. The molecule has 1 aliphatic heterocycles. The number of nitrogens with one attached hydrogen (secondary N) is 2. The van der Waals surface area contributed by atoms with Crippen molar-refractivity contribution in [2.75, 3.05) is 11.9 Å². The minimum absolute atomic E-state index is 0.292. The van der Waals surface area contributed by atoms with E-state index in [1.54, 1.807) is 0 Å². The molecule has 0 spiro atoms. The molecule has 18 heavy (non-hydrogen) atoms. The van der Waals surface area contributed by atoms with Crippen LogP contribution in [0.1, 0.15) is 26.2 Å². The van der Waals surface area contributed by atoms with E-state index in [1.807, 2.05) is 0 Å². The zero-order valence-electron chi connectivity index (χ0n) is 10.3. The molecular formula is C13H17BrClFN2. The van der Waals surface area contributed by atoms with Crippen LogP contribution in [0.15, 0.2) is 16.6 Å². The Morgan fingerprint density at radius 1 is 1.61 bits per heavy atom. The van der Waals surface area contributed by atoms with E-state index < -0.39 is 0 Å². The Morgan fingerprint density at radius 3 is 3.00 bits per heavy atom. The van der Waals surface area contributed by atoms with Crippen LogP contribution in [0.5, 0.6) is 0 Å². The van der Waals surface area contributed by atoms with Crippen molar-refractivity contribution in [1.82, 2.24) is 5.32 Å². The molecule has 1 aromatic carbocycles. The van der Waals surface area contributed by atoms with Gasteiger partial charge in [0.05, 0.1) is 10.7 Å². The molecule has 2 nitrogen and oxygen atoms in total. The van der Waals surface area contributed by atoms with Crippen molar-refractivity contribution >= 4 is 33.2 Å². The van der Waals surface area contributed by atoms with E-state index in [-0.39, 0.29) is 5.82 Å². The fourth-order valence-corrected chi connectivity index (χ4v) is 3.29. The fraction of sp³-hybridized carbons (Fsp3) is 0.538. The zero-order chi connectivity index (χ0) is 13.1. The first-order chi connectivity index (χ1) is 8.56. The molecule has 0 radical (unpaired) electrons. The smallest absolute Gasteiger partial charge is 0.125 e. The largest absolute Gasteiger partial charge is 0.380 e. The molecule has 0 bridgehead atoms. The van der Waals surface area contributed by atoms with Gasteiger partial charge in [-0.15, -0.1) is 0 Å². The number of anilines is 1. The van der Waals surface area contributed by atoms with Crippen molar-refractivity contribution < 1.29 is 4.39 Å². The van der Waals surface area contributed by atoms with Crippen LogP contribution in [-0.2, 0) is 0 Å². The van der Waals surface area contributed by atoms with E-state index >= 15 is 0 Å². The third kappa shape index (κ3) is 3.59. The highest BCUT2D eigenvalue weighted by Gasteiger charge is 2.18. The third-order valence-corrected chi connectivity index (χ3v) is 4.12. The summed E-state index contributed by atoms with van der Waals surface area (Å²) in [5.74, 6) is -0.331. The second kappa shape index (κ2) is 6.22. The molecule has 1 fully saturated rings. The Morgan fingerprint density at radius 2 is 2.39 bits per heavy atom. The molecule has 1 aliphatic rings. The third-order valence-electron chi connectivity index (χ3n) is 3.20. The first kappa shape index (κ1) is 14.1. The highest BCUT2D eigenvalue weighted by Crippen LogP contribution is 2.32. The minimum Gasteiger partial charge on any atom is -0.380 e. The average molecular weight is 336 g/mol. The van der Waals surface area contributed by atoms with Gasteiger partial charge in [0.25, 0.3) is 0 Å². The lowest BCUT2D eigenvalue weighted by Gasteiger charge is -2.21. The summed E-state index contributed by atoms with van der Waals surface area (Å²) < 4.78 is 13.8. The van der Waals surface area contributed by atoms with Gasteiger partial charge in [0.2, 0.25) is 0 Å². The van der Waals surface area contributed by atoms with E-state index in [2.05, 4.69) is 33.5 Å². The molecule has 0 aliphatic carbocycles. The number of hydrogen-bond donors (Lipinski definition) is 2. The molecule has 0 aromatic heterocycles. The monoisotopic (exact) mass is 334 g/mol. The SMILES string of the molecule is CC(CC1CCCN1)Nc1c(Cl)cc(F)cc1Br. The number of hydrogen-bond acceptors (Lipinski definition) is 2. The molecule has 2 unspecified atom stereocenters. The molecule has 2 N–H and O–H groups in total. The summed E-state index contributed by atoms with van der Waals surface area (Å²) in [4.78, 5) is 0. The van der Waals surface area contributed by atoms with Crippen molar-refractivity contribution in [3.05, 3.63) is 27.4 Å². The number of rotatable bonds is 4. The maximum absolute atomic E-state index is 13.1. The Labute approximate surface area is 120 Å². The van der Waals surface area contributed by atoms with Crippen LogP contribution in [0.25, 0.3) is 0 Å². The summed E-state index contributed by atoms with van der Waals surface area (Å²) in [5.41, 5.74) is 0.767. The average Bonchev–Trinajstić information content (AvgIpc) is 2.76.